The first-order valence-corrected chi connectivity index (χ1v) is 6.17. The fourth-order valence-electron chi connectivity index (χ4n) is 1.55. The normalized spacial score (nSPS) is 11.2. The summed E-state index contributed by atoms with van der Waals surface area (Å²) in [6.07, 6.45) is 0.829. The van der Waals surface area contributed by atoms with Gasteiger partial charge in [0.2, 0.25) is 0 Å². The number of hydrogen-bond donors (Lipinski definition) is 1. The molecule has 0 fully saturated rings. The highest BCUT2D eigenvalue weighted by Gasteiger charge is 2.06. The second-order valence-electron chi connectivity index (χ2n) is 4.79. The van der Waals surface area contributed by atoms with Crippen molar-refractivity contribution in [3.8, 4) is 5.75 Å². The second-order valence-corrected chi connectivity index (χ2v) is 4.79. The van der Waals surface area contributed by atoms with Crippen molar-refractivity contribution in [2.45, 2.75) is 46.3 Å². The monoisotopic (exact) mass is 239 g/mol. The van der Waals surface area contributed by atoms with Crippen LogP contribution in [-0.4, -0.2) is 18.7 Å². The number of hydrogen-bond acceptors (Lipinski definition) is 2. The molecule has 0 bridgehead atoms. The van der Waals surface area contributed by atoms with Gasteiger partial charge in [-0.2, -0.15) is 0 Å². The standard InChI is InChI=1S/C14H22FNO/c1-10(2)16-8-7-12-5-6-14(13(15)9-12)17-11(3)4/h5-6,9-11,16H,7-8H2,1-4H3. The maximum absolute atomic E-state index is 13.7. The topological polar surface area (TPSA) is 21.3 Å². The van der Waals surface area contributed by atoms with Gasteiger partial charge in [0.15, 0.2) is 11.6 Å². The van der Waals surface area contributed by atoms with E-state index in [4.69, 9.17) is 4.74 Å². The van der Waals surface area contributed by atoms with Gasteiger partial charge >= 0.3 is 0 Å². The lowest BCUT2D eigenvalue weighted by atomic mass is 10.1. The summed E-state index contributed by atoms with van der Waals surface area (Å²) >= 11 is 0. The van der Waals surface area contributed by atoms with Crippen molar-refractivity contribution in [1.82, 2.24) is 5.32 Å². The van der Waals surface area contributed by atoms with Crippen LogP contribution in [0.5, 0.6) is 5.75 Å². The van der Waals surface area contributed by atoms with Crippen LogP contribution in [0.15, 0.2) is 18.2 Å². The van der Waals surface area contributed by atoms with Gasteiger partial charge in [-0.1, -0.05) is 19.9 Å². The minimum Gasteiger partial charge on any atom is -0.488 e. The fraction of sp³-hybridized carbons (Fsp3) is 0.571. The largest absolute Gasteiger partial charge is 0.488 e. The van der Waals surface area contributed by atoms with Crippen LogP contribution in [0.1, 0.15) is 33.3 Å². The van der Waals surface area contributed by atoms with E-state index in [2.05, 4.69) is 19.2 Å². The minimum absolute atomic E-state index is 0.00189. The number of benzene rings is 1. The molecule has 1 N–H and O–H groups in total. The smallest absolute Gasteiger partial charge is 0.165 e. The maximum atomic E-state index is 13.7. The van der Waals surface area contributed by atoms with Crippen LogP contribution >= 0.6 is 0 Å². The number of rotatable bonds is 6. The Hall–Kier alpha value is -1.09. The Morgan fingerprint density at radius 2 is 1.94 bits per heavy atom. The summed E-state index contributed by atoms with van der Waals surface area (Å²) in [5.41, 5.74) is 0.992. The van der Waals surface area contributed by atoms with E-state index in [1.807, 2.05) is 19.9 Å². The first kappa shape index (κ1) is 14.0. The minimum atomic E-state index is -0.277. The van der Waals surface area contributed by atoms with E-state index in [-0.39, 0.29) is 11.9 Å². The lowest BCUT2D eigenvalue weighted by Crippen LogP contribution is -2.24. The molecule has 0 aliphatic rings. The van der Waals surface area contributed by atoms with Crippen LogP contribution in [-0.2, 0) is 6.42 Å². The molecule has 0 saturated carbocycles. The van der Waals surface area contributed by atoms with Crippen LogP contribution in [0.4, 0.5) is 4.39 Å². The van der Waals surface area contributed by atoms with Crippen molar-refractivity contribution < 1.29 is 9.13 Å². The maximum Gasteiger partial charge on any atom is 0.165 e. The molecule has 0 unspecified atom stereocenters. The number of halogens is 1. The van der Waals surface area contributed by atoms with Crippen molar-refractivity contribution in [3.05, 3.63) is 29.6 Å². The summed E-state index contributed by atoms with van der Waals surface area (Å²) in [6, 6.07) is 5.64. The Balaban J connectivity index is 2.56. The van der Waals surface area contributed by atoms with E-state index in [1.54, 1.807) is 12.1 Å². The number of nitrogens with one attached hydrogen (secondary N) is 1. The molecule has 0 amide bonds. The first-order valence-electron chi connectivity index (χ1n) is 6.17. The molecule has 0 aromatic heterocycles. The molecule has 3 heteroatoms. The van der Waals surface area contributed by atoms with Gasteiger partial charge in [0.25, 0.3) is 0 Å². The average Bonchev–Trinajstić information content (AvgIpc) is 2.21. The third kappa shape index (κ3) is 5.18. The molecular weight excluding hydrogens is 217 g/mol. The molecule has 0 atom stereocenters. The highest BCUT2D eigenvalue weighted by Crippen LogP contribution is 2.19. The Morgan fingerprint density at radius 3 is 2.47 bits per heavy atom. The van der Waals surface area contributed by atoms with Crippen LogP contribution in [0.3, 0.4) is 0 Å². The summed E-state index contributed by atoms with van der Waals surface area (Å²) in [5, 5.41) is 3.31. The molecule has 96 valence electrons. The van der Waals surface area contributed by atoms with Gasteiger partial charge in [0, 0.05) is 6.04 Å². The molecule has 1 aromatic carbocycles. The first-order chi connectivity index (χ1) is 7.99. The fourth-order valence-corrected chi connectivity index (χ4v) is 1.55. The van der Waals surface area contributed by atoms with Crippen molar-refractivity contribution >= 4 is 0 Å². The quantitative estimate of drug-likeness (QED) is 0.823. The zero-order chi connectivity index (χ0) is 12.8. The summed E-state index contributed by atoms with van der Waals surface area (Å²) in [7, 11) is 0. The average molecular weight is 239 g/mol. The highest BCUT2D eigenvalue weighted by molar-refractivity contribution is 5.29. The lowest BCUT2D eigenvalue weighted by Gasteiger charge is -2.12. The molecule has 0 saturated heterocycles. The predicted molar refractivity (Wildman–Crippen MR) is 69.0 cm³/mol. The van der Waals surface area contributed by atoms with E-state index in [0.29, 0.717) is 11.8 Å². The summed E-state index contributed by atoms with van der Waals surface area (Å²) < 4.78 is 19.0. The third-order valence-electron chi connectivity index (χ3n) is 2.33. The zero-order valence-electron chi connectivity index (χ0n) is 11.1. The van der Waals surface area contributed by atoms with Crippen molar-refractivity contribution in [2.75, 3.05) is 6.54 Å². The zero-order valence-corrected chi connectivity index (χ0v) is 11.1. The molecule has 0 spiro atoms. The van der Waals surface area contributed by atoms with Crippen LogP contribution < -0.4 is 10.1 Å². The Morgan fingerprint density at radius 1 is 1.24 bits per heavy atom. The molecule has 17 heavy (non-hydrogen) atoms. The van der Waals surface area contributed by atoms with E-state index < -0.39 is 0 Å². The summed E-state index contributed by atoms with van der Waals surface area (Å²) in [4.78, 5) is 0. The predicted octanol–water partition coefficient (Wildman–Crippen LogP) is 3.15. The van der Waals surface area contributed by atoms with Gasteiger partial charge in [-0.25, -0.2) is 4.39 Å². The van der Waals surface area contributed by atoms with Gasteiger partial charge in [-0.3, -0.25) is 0 Å². The molecule has 0 aliphatic carbocycles. The third-order valence-corrected chi connectivity index (χ3v) is 2.33. The molecule has 0 radical (unpaired) electrons. The van der Waals surface area contributed by atoms with E-state index in [9.17, 15) is 4.39 Å². The molecule has 0 aliphatic heterocycles. The van der Waals surface area contributed by atoms with Gasteiger partial charge in [-0.05, 0) is 44.5 Å². The van der Waals surface area contributed by atoms with Crippen molar-refractivity contribution in [1.29, 1.82) is 0 Å². The Kier molecular flexibility index (Phi) is 5.42. The van der Waals surface area contributed by atoms with E-state index in [0.717, 1.165) is 18.5 Å². The van der Waals surface area contributed by atoms with E-state index in [1.165, 1.54) is 0 Å². The Bertz CT molecular complexity index is 350. The van der Waals surface area contributed by atoms with Gasteiger partial charge in [0.05, 0.1) is 6.10 Å². The van der Waals surface area contributed by atoms with Crippen LogP contribution in [0.2, 0.25) is 0 Å². The van der Waals surface area contributed by atoms with E-state index >= 15 is 0 Å². The van der Waals surface area contributed by atoms with Crippen LogP contribution in [0, 0.1) is 5.82 Å². The molecular formula is C14H22FNO. The molecule has 1 rings (SSSR count). The highest BCUT2D eigenvalue weighted by atomic mass is 19.1. The van der Waals surface area contributed by atoms with Gasteiger partial charge < -0.3 is 10.1 Å². The van der Waals surface area contributed by atoms with Gasteiger partial charge in [-0.15, -0.1) is 0 Å². The van der Waals surface area contributed by atoms with Crippen LogP contribution in [0.25, 0.3) is 0 Å². The molecule has 0 heterocycles. The molecule has 1 aromatic rings. The Labute approximate surface area is 103 Å². The number of ether oxygens (including phenoxy) is 1. The molecule has 2 nitrogen and oxygen atoms in total. The SMILES string of the molecule is CC(C)NCCc1ccc(OC(C)C)c(F)c1. The summed E-state index contributed by atoms with van der Waals surface area (Å²) in [6.45, 7) is 8.83. The summed E-state index contributed by atoms with van der Waals surface area (Å²) in [5.74, 6) is 0.0568. The van der Waals surface area contributed by atoms with Crippen molar-refractivity contribution in [2.24, 2.45) is 0 Å². The second kappa shape index (κ2) is 6.60. The van der Waals surface area contributed by atoms with Crippen molar-refractivity contribution in [3.63, 3.8) is 0 Å². The lowest BCUT2D eigenvalue weighted by molar-refractivity contribution is 0.231. The van der Waals surface area contributed by atoms with Gasteiger partial charge in [0.1, 0.15) is 0 Å².